The van der Waals surface area contributed by atoms with E-state index < -0.39 is 11.9 Å². The molecular weight excluding hydrogens is 232 g/mol. The number of aromatic nitrogens is 1. The van der Waals surface area contributed by atoms with Crippen molar-refractivity contribution >= 4 is 11.9 Å². The Hall–Kier alpha value is -1.91. The first-order valence-corrected chi connectivity index (χ1v) is 6.08. The van der Waals surface area contributed by atoms with Gasteiger partial charge in [-0.25, -0.2) is 0 Å². The van der Waals surface area contributed by atoms with Gasteiger partial charge < -0.3 is 10.4 Å². The molecule has 1 aliphatic rings. The zero-order valence-corrected chi connectivity index (χ0v) is 10.0. The number of carbonyl (C=O) groups excluding carboxylic acids is 1. The number of carboxylic acids is 1. The molecule has 96 valence electrons. The Kier molecular flexibility index (Phi) is 3.92. The maximum atomic E-state index is 11.9. The fourth-order valence-electron chi connectivity index (χ4n) is 2.39. The summed E-state index contributed by atoms with van der Waals surface area (Å²) in [4.78, 5) is 26.9. The van der Waals surface area contributed by atoms with Gasteiger partial charge >= 0.3 is 5.97 Å². The third-order valence-electron chi connectivity index (χ3n) is 3.36. The van der Waals surface area contributed by atoms with Crippen molar-refractivity contribution in [2.75, 3.05) is 0 Å². The fraction of sp³-hybridized carbons (Fsp3) is 0.462. The standard InChI is InChI=1S/C13H16N2O3/c16-12(10-4-1-5-11(10)13(17)18)15-8-9-3-2-6-14-7-9/h2-3,6-7,10-11H,1,4-5,8H2,(H,15,16)(H,17,18). The normalized spacial score (nSPS) is 22.7. The molecule has 1 amide bonds. The number of hydrogen-bond donors (Lipinski definition) is 2. The molecule has 0 spiro atoms. The molecule has 2 N–H and O–H groups in total. The molecule has 0 saturated heterocycles. The summed E-state index contributed by atoms with van der Waals surface area (Å²) >= 11 is 0. The Bertz CT molecular complexity index is 433. The number of amides is 1. The smallest absolute Gasteiger partial charge is 0.307 e. The number of carboxylic acid groups (broad SMARTS) is 1. The van der Waals surface area contributed by atoms with Crippen molar-refractivity contribution in [1.29, 1.82) is 0 Å². The Balaban J connectivity index is 1.90. The quantitative estimate of drug-likeness (QED) is 0.839. The van der Waals surface area contributed by atoms with Gasteiger partial charge in [-0.05, 0) is 24.5 Å². The van der Waals surface area contributed by atoms with Gasteiger partial charge in [0.2, 0.25) is 5.91 Å². The molecule has 0 aliphatic heterocycles. The van der Waals surface area contributed by atoms with Crippen molar-refractivity contribution in [2.24, 2.45) is 11.8 Å². The number of nitrogens with one attached hydrogen (secondary N) is 1. The summed E-state index contributed by atoms with van der Waals surface area (Å²) < 4.78 is 0. The van der Waals surface area contributed by atoms with Gasteiger partial charge in [-0.15, -0.1) is 0 Å². The van der Waals surface area contributed by atoms with Crippen LogP contribution < -0.4 is 5.32 Å². The molecule has 0 bridgehead atoms. The first kappa shape index (κ1) is 12.5. The largest absolute Gasteiger partial charge is 0.481 e. The Morgan fingerprint density at radius 2 is 2.17 bits per heavy atom. The molecule has 2 unspecified atom stereocenters. The van der Waals surface area contributed by atoms with Crippen molar-refractivity contribution in [2.45, 2.75) is 25.8 Å². The monoisotopic (exact) mass is 248 g/mol. The zero-order valence-electron chi connectivity index (χ0n) is 10.0. The van der Waals surface area contributed by atoms with E-state index in [9.17, 15) is 9.59 Å². The molecular formula is C13H16N2O3. The van der Waals surface area contributed by atoms with Crippen molar-refractivity contribution < 1.29 is 14.7 Å². The van der Waals surface area contributed by atoms with E-state index in [1.165, 1.54) is 0 Å². The van der Waals surface area contributed by atoms with Crippen LogP contribution in [0.5, 0.6) is 0 Å². The predicted molar refractivity (Wildman–Crippen MR) is 64.6 cm³/mol. The summed E-state index contributed by atoms with van der Waals surface area (Å²) in [5.74, 6) is -1.95. The molecule has 1 heterocycles. The zero-order chi connectivity index (χ0) is 13.0. The highest BCUT2D eigenvalue weighted by atomic mass is 16.4. The number of rotatable bonds is 4. The lowest BCUT2D eigenvalue weighted by molar-refractivity contribution is -0.146. The van der Waals surface area contributed by atoms with Gasteiger partial charge in [-0.1, -0.05) is 12.5 Å². The average molecular weight is 248 g/mol. The first-order valence-electron chi connectivity index (χ1n) is 6.08. The van der Waals surface area contributed by atoms with E-state index >= 15 is 0 Å². The van der Waals surface area contributed by atoms with Gasteiger partial charge in [0, 0.05) is 18.9 Å². The number of nitrogens with zero attached hydrogens (tertiary/aromatic N) is 1. The molecule has 1 aliphatic carbocycles. The van der Waals surface area contributed by atoms with E-state index in [2.05, 4.69) is 10.3 Å². The van der Waals surface area contributed by atoms with Crippen molar-refractivity contribution in [1.82, 2.24) is 10.3 Å². The van der Waals surface area contributed by atoms with Gasteiger partial charge in [-0.2, -0.15) is 0 Å². The second-order valence-electron chi connectivity index (χ2n) is 4.56. The summed E-state index contributed by atoms with van der Waals surface area (Å²) in [7, 11) is 0. The van der Waals surface area contributed by atoms with Crippen LogP contribution in [0.15, 0.2) is 24.5 Å². The highest BCUT2D eigenvalue weighted by Crippen LogP contribution is 2.32. The van der Waals surface area contributed by atoms with Crippen LogP contribution in [0.2, 0.25) is 0 Å². The van der Waals surface area contributed by atoms with Gasteiger partial charge in [0.15, 0.2) is 0 Å². The molecule has 2 rings (SSSR count). The fourth-order valence-corrected chi connectivity index (χ4v) is 2.39. The van der Waals surface area contributed by atoms with Crippen LogP contribution in [0.25, 0.3) is 0 Å². The second kappa shape index (κ2) is 5.62. The van der Waals surface area contributed by atoms with Crippen LogP contribution in [0.1, 0.15) is 24.8 Å². The van der Waals surface area contributed by atoms with Crippen LogP contribution in [-0.4, -0.2) is 22.0 Å². The Morgan fingerprint density at radius 1 is 1.39 bits per heavy atom. The molecule has 5 nitrogen and oxygen atoms in total. The van der Waals surface area contributed by atoms with E-state index in [-0.39, 0.29) is 11.8 Å². The first-order chi connectivity index (χ1) is 8.68. The molecule has 18 heavy (non-hydrogen) atoms. The number of aliphatic carboxylic acids is 1. The SMILES string of the molecule is O=C(O)C1CCCC1C(=O)NCc1cccnc1. The minimum absolute atomic E-state index is 0.163. The molecule has 0 radical (unpaired) electrons. The van der Waals surface area contributed by atoms with Crippen LogP contribution in [0, 0.1) is 11.8 Å². The molecule has 1 aromatic rings. The number of carbonyl (C=O) groups is 2. The predicted octanol–water partition coefficient (Wildman–Crippen LogP) is 1.20. The summed E-state index contributed by atoms with van der Waals surface area (Å²) in [6, 6.07) is 3.67. The molecule has 2 atom stereocenters. The third kappa shape index (κ3) is 2.85. The van der Waals surface area contributed by atoms with Crippen molar-refractivity contribution in [3.8, 4) is 0 Å². The lowest BCUT2D eigenvalue weighted by Gasteiger charge is -2.15. The summed E-state index contributed by atoms with van der Waals surface area (Å²) in [5, 5.41) is 11.8. The van der Waals surface area contributed by atoms with Crippen molar-refractivity contribution in [3.63, 3.8) is 0 Å². The maximum absolute atomic E-state index is 11.9. The Morgan fingerprint density at radius 3 is 2.83 bits per heavy atom. The van der Waals surface area contributed by atoms with Gasteiger partial charge in [0.25, 0.3) is 0 Å². The summed E-state index contributed by atoms with van der Waals surface area (Å²) in [5.41, 5.74) is 0.913. The minimum atomic E-state index is -0.867. The molecule has 0 aromatic carbocycles. The average Bonchev–Trinajstić information content (AvgIpc) is 2.86. The number of hydrogen-bond acceptors (Lipinski definition) is 3. The topological polar surface area (TPSA) is 79.3 Å². The van der Waals surface area contributed by atoms with Gasteiger partial charge in [-0.3, -0.25) is 14.6 Å². The summed E-state index contributed by atoms with van der Waals surface area (Å²) in [6.45, 7) is 0.398. The van der Waals surface area contributed by atoms with Crippen LogP contribution in [-0.2, 0) is 16.1 Å². The van der Waals surface area contributed by atoms with E-state index in [1.54, 1.807) is 18.5 Å². The van der Waals surface area contributed by atoms with Crippen LogP contribution in [0.3, 0.4) is 0 Å². The lowest BCUT2D eigenvalue weighted by Crippen LogP contribution is -2.34. The molecule has 1 saturated carbocycles. The van der Waals surface area contributed by atoms with Crippen LogP contribution >= 0.6 is 0 Å². The Labute approximate surface area is 105 Å². The highest BCUT2D eigenvalue weighted by molar-refractivity contribution is 5.85. The van der Waals surface area contributed by atoms with E-state index in [0.717, 1.165) is 12.0 Å². The van der Waals surface area contributed by atoms with E-state index in [1.807, 2.05) is 6.07 Å². The third-order valence-corrected chi connectivity index (χ3v) is 3.36. The van der Waals surface area contributed by atoms with E-state index in [0.29, 0.717) is 19.4 Å². The lowest BCUT2D eigenvalue weighted by atomic mass is 9.95. The van der Waals surface area contributed by atoms with Crippen LogP contribution in [0.4, 0.5) is 0 Å². The molecule has 1 aromatic heterocycles. The number of pyridine rings is 1. The minimum Gasteiger partial charge on any atom is -0.481 e. The summed E-state index contributed by atoms with van der Waals surface area (Å²) in [6.07, 6.45) is 5.42. The van der Waals surface area contributed by atoms with E-state index in [4.69, 9.17) is 5.11 Å². The maximum Gasteiger partial charge on any atom is 0.307 e. The molecule has 5 heteroatoms. The molecule has 1 fully saturated rings. The van der Waals surface area contributed by atoms with Crippen molar-refractivity contribution in [3.05, 3.63) is 30.1 Å². The second-order valence-corrected chi connectivity index (χ2v) is 4.56. The van der Waals surface area contributed by atoms with Gasteiger partial charge in [0.1, 0.15) is 0 Å². The van der Waals surface area contributed by atoms with Gasteiger partial charge in [0.05, 0.1) is 11.8 Å². The highest BCUT2D eigenvalue weighted by Gasteiger charge is 2.37.